The van der Waals surface area contributed by atoms with Gasteiger partial charge < -0.3 is 5.73 Å². The summed E-state index contributed by atoms with van der Waals surface area (Å²) in [7, 11) is 0. The Balaban J connectivity index is 2.60. The molecule has 1 fully saturated rings. The Morgan fingerprint density at radius 1 is 1.27 bits per heavy atom. The van der Waals surface area contributed by atoms with Gasteiger partial charge in [-0.3, -0.25) is 0 Å². The molecule has 0 saturated heterocycles. The van der Waals surface area contributed by atoms with Crippen LogP contribution in [-0.4, -0.2) is 5.92 Å². The summed E-state index contributed by atoms with van der Waals surface area (Å²) in [6.45, 7) is 1.38. The molecule has 1 nitrogen and oxygen atoms in total. The van der Waals surface area contributed by atoms with Crippen LogP contribution in [0.2, 0.25) is 0 Å². The highest BCUT2D eigenvalue weighted by Gasteiger charge is 2.71. The lowest BCUT2D eigenvalue weighted by atomic mass is 10.0. The van der Waals surface area contributed by atoms with E-state index in [1.54, 1.807) is 0 Å². The molecule has 0 bridgehead atoms. The Bertz CT molecular complexity index is 430. The molecule has 0 spiro atoms. The molecule has 1 saturated carbocycles. The normalized spacial score (nSPS) is 27.9. The average Bonchev–Trinajstić information content (AvgIpc) is 2.60. The zero-order valence-electron chi connectivity index (χ0n) is 7.95. The van der Waals surface area contributed by atoms with Gasteiger partial charge in [-0.15, -0.1) is 0 Å². The second kappa shape index (κ2) is 2.72. The van der Waals surface area contributed by atoms with E-state index in [0.29, 0.717) is 0 Å². The lowest BCUT2D eigenvalue weighted by molar-refractivity contribution is 0.0871. The summed E-state index contributed by atoms with van der Waals surface area (Å²) in [5.74, 6) is -5.21. The fourth-order valence-corrected chi connectivity index (χ4v) is 1.64. The number of nitrogens with two attached hydrogens (primary N) is 1. The van der Waals surface area contributed by atoms with Crippen LogP contribution >= 0.6 is 0 Å². The highest BCUT2D eigenvalue weighted by atomic mass is 19.3. The molecule has 1 aliphatic carbocycles. The van der Waals surface area contributed by atoms with Crippen molar-refractivity contribution in [3.8, 4) is 0 Å². The van der Waals surface area contributed by atoms with E-state index in [2.05, 4.69) is 0 Å². The fraction of sp³-hybridized carbons (Fsp3) is 0.400. The maximum atomic E-state index is 13.5. The molecule has 2 rings (SSSR count). The van der Waals surface area contributed by atoms with Gasteiger partial charge in [0.2, 0.25) is 0 Å². The molecular weight excluding hydrogens is 210 g/mol. The summed E-state index contributed by atoms with van der Waals surface area (Å²) in [5, 5.41) is 0. The number of halogens is 4. The van der Waals surface area contributed by atoms with Gasteiger partial charge in [0, 0.05) is 12.0 Å². The molecule has 5 heteroatoms. The largest absolute Gasteiger partial charge is 0.316 e. The molecule has 2 N–H and O–H groups in total. The Morgan fingerprint density at radius 2 is 1.80 bits per heavy atom. The minimum Gasteiger partial charge on any atom is -0.316 e. The van der Waals surface area contributed by atoms with Crippen molar-refractivity contribution in [2.75, 3.05) is 0 Å². The average molecular weight is 219 g/mol. The topological polar surface area (TPSA) is 26.0 Å². The van der Waals surface area contributed by atoms with Crippen LogP contribution < -0.4 is 5.73 Å². The number of benzene rings is 1. The Morgan fingerprint density at radius 3 is 2.27 bits per heavy atom. The first-order chi connectivity index (χ1) is 6.79. The first-order valence-electron chi connectivity index (χ1n) is 4.41. The van der Waals surface area contributed by atoms with Crippen LogP contribution in [0, 0.1) is 18.6 Å². The standard InChI is InChI=1S/C10H9F4N/c1-5-2-3-6(11)7(8(5)12)9(15)4-10(9,13)14/h2-3H,4,15H2,1H3. The molecule has 1 atom stereocenters. The summed E-state index contributed by atoms with van der Waals surface area (Å²) in [6, 6.07) is 2.15. The van der Waals surface area contributed by atoms with Gasteiger partial charge in [0.15, 0.2) is 0 Å². The molecule has 15 heavy (non-hydrogen) atoms. The van der Waals surface area contributed by atoms with E-state index >= 15 is 0 Å². The molecule has 1 aromatic carbocycles. The van der Waals surface area contributed by atoms with E-state index in [9.17, 15) is 17.6 Å². The van der Waals surface area contributed by atoms with Crippen LogP contribution in [0.15, 0.2) is 12.1 Å². The second-order valence-electron chi connectivity index (χ2n) is 3.91. The molecule has 1 aliphatic rings. The number of alkyl halides is 2. The van der Waals surface area contributed by atoms with E-state index in [-0.39, 0.29) is 5.56 Å². The van der Waals surface area contributed by atoms with Crippen LogP contribution in [0.25, 0.3) is 0 Å². The van der Waals surface area contributed by atoms with Crippen molar-refractivity contribution in [3.63, 3.8) is 0 Å². The number of aryl methyl sites for hydroxylation is 1. The number of rotatable bonds is 1. The van der Waals surface area contributed by atoms with E-state index in [1.165, 1.54) is 13.0 Å². The minimum atomic E-state index is -3.22. The molecule has 0 aliphatic heterocycles. The van der Waals surface area contributed by atoms with Crippen LogP contribution in [-0.2, 0) is 5.54 Å². The summed E-state index contributed by atoms with van der Waals surface area (Å²) in [6.07, 6.45) is -0.711. The highest BCUT2D eigenvalue weighted by molar-refractivity contribution is 5.40. The maximum Gasteiger partial charge on any atom is 0.272 e. The Hall–Kier alpha value is -1.10. The molecule has 0 radical (unpaired) electrons. The van der Waals surface area contributed by atoms with Gasteiger partial charge in [0.05, 0.1) is 0 Å². The van der Waals surface area contributed by atoms with Gasteiger partial charge in [-0.2, -0.15) is 0 Å². The lowest BCUT2D eigenvalue weighted by Gasteiger charge is -2.14. The summed E-state index contributed by atoms with van der Waals surface area (Å²) in [5.41, 5.74) is 2.52. The number of hydrogen-bond acceptors (Lipinski definition) is 1. The Labute approximate surface area is 83.9 Å². The van der Waals surface area contributed by atoms with E-state index in [1.807, 2.05) is 0 Å². The quantitative estimate of drug-likeness (QED) is 0.721. The molecule has 82 valence electrons. The fourth-order valence-electron chi connectivity index (χ4n) is 1.64. The summed E-state index contributed by atoms with van der Waals surface area (Å²) in [4.78, 5) is 0. The van der Waals surface area contributed by atoms with Gasteiger partial charge in [-0.25, -0.2) is 17.6 Å². The van der Waals surface area contributed by atoms with Crippen LogP contribution in [0.4, 0.5) is 17.6 Å². The van der Waals surface area contributed by atoms with Gasteiger partial charge in [0.25, 0.3) is 5.92 Å². The minimum absolute atomic E-state index is 0.110. The molecule has 1 aromatic rings. The zero-order chi connectivity index (χ0) is 11.4. The SMILES string of the molecule is Cc1ccc(F)c(C2(N)CC2(F)F)c1F. The lowest BCUT2D eigenvalue weighted by Crippen LogP contribution is -2.30. The Kier molecular flexibility index (Phi) is 1.89. The first kappa shape index (κ1) is 10.4. The summed E-state index contributed by atoms with van der Waals surface area (Å²) >= 11 is 0. The third-order valence-corrected chi connectivity index (χ3v) is 2.76. The predicted molar refractivity (Wildman–Crippen MR) is 46.5 cm³/mol. The van der Waals surface area contributed by atoms with E-state index in [4.69, 9.17) is 5.73 Å². The van der Waals surface area contributed by atoms with Crippen molar-refractivity contribution in [1.82, 2.24) is 0 Å². The van der Waals surface area contributed by atoms with Gasteiger partial charge >= 0.3 is 0 Å². The second-order valence-corrected chi connectivity index (χ2v) is 3.91. The van der Waals surface area contributed by atoms with Crippen molar-refractivity contribution in [2.45, 2.75) is 24.8 Å². The van der Waals surface area contributed by atoms with Crippen molar-refractivity contribution in [2.24, 2.45) is 5.73 Å². The van der Waals surface area contributed by atoms with E-state index in [0.717, 1.165) is 6.07 Å². The number of hydrogen-bond donors (Lipinski definition) is 1. The van der Waals surface area contributed by atoms with Crippen molar-refractivity contribution in [1.29, 1.82) is 0 Å². The van der Waals surface area contributed by atoms with Crippen LogP contribution in [0.5, 0.6) is 0 Å². The van der Waals surface area contributed by atoms with Crippen LogP contribution in [0.3, 0.4) is 0 Å². The maximum absolute atomic E-state index is 13.5. The first-order valence-corrected chi connectivity index (χ1v) is 4.41. The van der Waals surface area contributed by atoms with Crippen molar-refractivity contribution < 1.29 is 17.6 Å². The summed E-state index contributed by atoms with van der Waals surface area (Å²) < 4.78 is 52.5. The third kappa shape index (κ3) is 1.26. The highest BCUT2D eigenvalue weighted by Crippen LogP contribution is 2.58. The molecule has 0 aromatic heterocycles. The smallest absolute Gasteiger partial charge is 0.272 e. The van der Waals surface area contributed by atoms with Crippen molar-refractivity contribution >= 4 is 0 Å². The zero-order valence-corrected chi connectivity index (χ0v) is 7.95. The van der Waals surface area contributed by atoms with E-state index < -0.39 is 35.1 Å². The van der Waals surface area contributed by atoms with Crippen molar-refractivity contribution in [3.05, 3.63) is 34.9 Å². The van der Waals surface area contributed by atoms with Gasteiger partial charge in [-0.05, 0) is 18.6 Å². The third-order valence-electron chi connectivity index (χ3n) is 2.76. The van der Waals surface area contributed by atoms with Gasteiger partial charge in [-0.1, -0.05) is 6.07 Å². The van der Waals surface area contributed by atoms with Gasteiger partial charge in [0.1, 0.15) is 17.2 Å². The molecule has 1 unspecified atom stereocenters. The van der Waals surface area contributed by atoms with Crippen LogP contribution in [0.1, 0.15) is 17.5 Å². The molecular formula is C10H9F4N. The predicted octanol–water partition coefficient (Wildman–Crippen LogP) is 2.47. The monoisotopic (exact) mass is 219 g/mol. The molecule has 0 heterocycles. The molecule has 0 amide bonds.